The average molecular weight is 298 g/mol. The predicted octanol–water partition coefficient (Wildman–Crippen LogP) is 1.23. The van der Waals surface area contributed by atoms with Crippen molar-refractivity contribution in [3.63, 3.8) is 0 Å². The molecule has 1 aliphatic carbocycles. The Morgan fingerprint density at radius 3 is 2.67 bits per heavy atom. The SMILES string of the molecule is COCCN1CC[C@@H](CNC2CCC3(CC2)OCCO3)C1. The Morgan fingerprint density at radius 1 is 1.19 bits per heavy atom. The van der Waals surface area contributed by atoms with Crippen LogP contribution >= 0.6 is 0 Å². The van der Waals surface area contributed by atoms with E-state index in [0.717, 1.165) is 51.7 Å². The van der Waals surface area contributed by atoms with Crippen molar-refractivity contribution >= 4 is 0 Å². The summed E-state index contributed by atoms with van der Waals surface area (Å²) < 4.78 is 16.7. The Hall–Kier alpha value is -0.200. The zero-order valence-corrected chi connectivity index (χ0v) is 13.3. The standard InChI is InChI=1S/C16H30N2O3/c1-19-9-8-18-7-4-14(13-18)12-17-15-2-5-16(6-3-15)20-10-11-21-16/h14-15,17H,2-13H2,1H3/t14-/m0/s1. The highest BCUT2D eigenvalue weighted by atomic mass is 16.7. The third-order valence-electron chi connectivity index (χ3n) is 5.24. The molecule has 2 aliphatic heterocycles. The maximum absolute atomic E-state index is 5.79. The second-order valence-electron chi connectivity index (χ2n) is 6.74. The van der Waals surface area contributed by atoms with E-state index >= 15 is 0 Å². The van der Waals surface area contributed by atoms with Crippen LogP contribution in [0.1, 0.15) is 32.1 Å². The molecule has 5 heteroatoms. The first-order chi connectivity index (χ1) is 10.3. The van der Waals surface area contributed by atoms with Crippen LogP contribution in [0.4, 0.5) is 0 Å². The van der Waals surface area contributed by atoms with E-state index in [1.165, 1.54) is 32.4 Å². The molecule has 122 valence electrons. The summed E-state index contributed by atoms with van der Waals surface area (Å²) in [6, 6.07) is 0.649. The highest BCUT2D eigenvalue weighted by Gasteiger charge is 2.40. The van der Waals surface area contributed by atoms with Crippen molar-refractivity contribution in [3.05, 3.63) is 0 Å². The minimum atomic E-state index is -0.220. The molecule has 0 bridgehead atoms. The van der Waals surface area contributed by atoms with Gasteiger partial charge in [-0.15, -0.1) is 0 Å². The van der Waals surface area contributed by atoms with Gasteiger partial charge in [0.1, 0.15) is 0 Å². The van der Waals surface area contributed by atoms with E-state index < -0.39 is 0 Å². The van der Waals surface area contributed by atoms with Gasteiger partial charge >= 0.3 is 0 Å². The number of hydrogen-bond donors (Lipinski definition) is 1. The minimum Gasteiger partial charge on any atom is -0.383 e. The molecule has 0 radical (unpaired) electrons. The Bertz CT molecular complexity index is 311. The molecule has 1 N–H and O–H groups in total. The normalized spacial score (nSPS) is 30.4. The fourth-order valence-electron chi connectivity index (χ4n) is 3.88. The summed E-state index contributed by atoms with van der Waals surface area (Å²) in [6.45, 7) is 7.08. The van der Waals surface area contributed by atoms with Crippen molar-refractivity contribution < 1.29 is 14.2 Å². The van der Waals surface area contributed by atoms with Gasteiger partial charge in [-0.2, -0.15) is 0 Å². The molecule has 1 saturated carbocycles. The van der Waals surface area contributed by atoms with E-state index in [0.29, 0.717) is 6.04 Å². The second-order valence-corrected chi connectivity index (χ2v) is 6.74. The van der Waals surface area contributed by atoms with E-state index in [1.54, 1.807) is 7.11 Å². The van der Waals surface area contributed by atoms with Crippen LogP contribution in [0.5, 0.6) is 0 Å². The largest absolute Gasteiger partial charge is 0.383 e. The molecular formula is C16H30N2O3. The number of nitrogens with zero attached hydrogens (tertiary/aromatic N) is 1. The number of methoxy groups -OCH3 is 1. The molecule has 0 aromatic rings. The van der Waals surface area contributed by atoms with Crippen LogP contribution in [0, 0.1) is 5.92 Å². The van der Waals surface area contributed by atoms with Crippen LogP contribution in [-0.4, -0.2) is 69.8 Å². The van der Waals surface area contributed by atoms with Crippen molar-refractivity contribution in [1.29, 1.82) is 0 Å². The Kier molecular flexibility index (Phi) is 5.51. The molecule has 3 aliphatic rings. The molecule has 3 rings (SSSR count). The van der Waals surface area contributed by atoms with Gasteiger partial charge in [0.25, 0.3) is 0 Å². The van der Waals surface area contributed by atoms with Gasteiger partial charge in [0.05, 0.1) is 19.8 Å². The van der Waals surface area contributed by atoms with E-state index in [2.05, 4.69) is 10.2 Å². The molecule has 5 nitrogen and oxygen atoms in total. The van der Waals surface area contributed by atoms with Gasteiger partial charge in [0.2, 0.25) is 0 Å². The topological polar surface area (TPSA) is 43.0 Å². The maximum atomic E-state index is 5.79. The second kappa shape index (κ2) is 7.38. The highest BCUT2D eigenvalue weighted by Crippen LogP contribution is 2.35. The zero-order chi connectivity index (χ0) is 14.5. The van der Waals surface area contributed by atoms with Crippen LogP contribution in [0.25, 0.3) is 0 Å². The summed E-state index contributed by atoms with van der Waals surface area (Å²) in [6.07, 6.45) is 5.78. The lowest BCUT2D eigenvalue weighted by Gasteiger charge is -2.36. The molecule has 2 saturated heterocycles. The summed E-state index contributed by atoms with van der Waals surface area (Å²) >= 11 is 0. The third-order valence-corrected chi connectivity index (χ3v) is 5.24. The van der Waals surface area contributed by atoms with Crippen LogP contribution in [-0.2, 0) is 14.2 Å². The van der Waals surface area contributed by atoms with Gasteiger partial charge in [-0.1, -0.05) is 0 Å². The molecule has 0 aromatic heterocycles. The quantitative estimate of drug-likeness (QED) is 0.799. The third kappa shape index (κ3) is 4.17. The monoisotopic (exact) mass is 298 g/mol. The average Bonchev–Trinajstić information content (AvgIpc) is 3.15. The molecule has 21 heavy (non-hydrogen) atoms. The zero-order valence-electron chi connectivity index (χ0n) is 13.3. The lowest BCUT2D eigenvalue weighted by molar-refractivity contribution is -0.179. The lowest BCUT2D eigenvalue weighted by Crippen LogP contribution is -2.43. The fraction of sp³-hybridized carbons (Fsp3) is 1.00. The molecule has 0 amide bonds. The van der Waals surface area contributed by atoms with Gasteiger partial charge in [-0.3, -0.25) is 0 Å². The summed E-state index contributed by atoms with van der Waals surface area (Å²) in [5.74, 6) is 0.583. The first-order valence-electron chi connectivity index (χ1n) is 8.52. The van der Waals surface area contributed by atoms with E-state index in [1.807, 2.05) is 0 Å². The van der Waals surface area contributed by atoms with Gasteiger partial charge in [-0.25, -0.2) is 0 Å². The fourth-order valence-corrected chi connectivity index (χ4v) is 3.88. The Balaban J connectivity index is 1.32. The Morgan fingerprint density at radius 2 is 1.95 bits per heavy atom. The number of likely N-dealkylation sites (tertiary alicyclic amines) is 1. The van der Waals surface area contributed by atoms with E-state index in [-0.39, 0.29) is 5.79 Å². The maximum Gasteiger partial charge on any atom is 0.168 e. The van der Waals surface area contributed by atoms with Gasteiger partial charge in [-0.05, 0) is 38.3 Å². The molecule has 1 atom stereocenters. The molecule has 2 heterocycles. The van der Waals surface area contributed by atoms with Crippen LogP contribution in [0.3, 0.4) is 0 Å². The molecule has 0 aromatic carbocycles. The molecule has 0 unspecified atom stereocenters. The first kappa shape index (κ1) is 15.7. The summed E-state index contributed by atoms with van der Waals surface area (Å²) in [7, 11) is 1.78. The summed E-state index contributed by atoms with van der Waals surface area (Å²) in [4.78, 5) is 2.52. The van der Waals surface area contributed by atoms with Crippen molar-refractivity contribution in [2.24, 2.45) is 5.92 Å². The Labute approximate surface area is 128 Å². The van der Waals surface area contributed by atoms with Crippen molar-refractivity contribution in [2.45, 2.75) is 43.9 Å². The van der Waals surface area contributed by atoms with Crippen LogP contribution in [0.15, 0.2) is 0 Å². The van der Waals surface area contributed by atoms with Gasteiger partial charge < -0.3 is 24.4 Å². The minimum absolute atomic E-state index is 0.220. The smallest absolute Gasteiger partial charge is 0.168 e. The van der Waals surface area contributed by atoms with E-state index in [4.69, 9.17) is 14.2 Å². The summed E-state index contributed by atoms with van der Waals surface area (Å²) in [5, 5.41) is 3.78. The van der Waals surface area contributed by atoms with Gasteiger partial charge in [0.15, 0.2) is 5.79 Å². The van der Waals surface area contributed by atoms with Crippen LogP contribution < -0.4 is 5.32 Å². The van der Waals surface area contributed by atoms with Crippen molar-refractivity contribution in [2.75, 3.05) is 53.1 Å². The number of rotatable bonds is 6. The number of hydrogen-bond acceptors (Lipinski definition) is 5. The highest BCUT2D eigenvalue weighted by molar-refractivity contribution is 4.86. The molecule has 1 spiro atoms. The number of ether oxygens (including phenoxy) is 3. The molecular weight excluding hydrogens is 268 g/mol. The predicted molar refractivity (Wildman–Crippen MR) is 81.3 cm³/mol. The van der Waals surface area contributed by atoms with Crippen molar-refractivity contribution in [1.82, 2.24) is 10.2 Å². The van der Waals surface area contributed by atoms with Crippen LogP contribution in [0.2, 0.25) is 0 Å². The van der Waals surface area contributed by atoms with Gasteiger partial charge in [0, 0.05) is 39.1 Å². The lowest BCUT2D eigenvalue weighted by atomic mass is 9.89. The van der Waals surface area contributed by atoms with E-state index in [9.17, 15) is 0 Å². The number of nitrogens with one attached hydrogen (secondary N) is 1. The summed E-state index contributed by atoms with van der Waals surface area (Å²) in [5.41, 5.74) is 0. The molecule has 3 fully saturated rings. The first-order valence-corrected chi connectivity index (χ1v) is 8.52. The van der Waals surface area contributed by atoms with Crippen molar-refractivity contribution in [3.8, 4) is 0 Å².